The van der Waals surface area contributed by atoms with E-state index in [4.69, 9.17) is 16.2 Å². The number of aromatic nitrogens is 1. The lowest BCUT2D eigenvalue weighted by Crippen LogP contribution is -2.13. The van der Waals surface area contributed by atoms with Gasteiger partial charge in [-0.15, -0.1) is 0 Å². The average Bonchev–Trinajstić information content (AvgIpc) is 2.41. The molecule has 98 valence electrons. The number of hydrogen-bond donors (Lipinski definition) is 2. The smallest absolute Gasteiger partial charge is 0.254 e. The van der Waals surface area contributed by atoms with E-state index in [0.717, 1.165) is 12.0 Å². The van der Waals surface area contributed by atoms with Crippen molar-refractivity contribution in [1.29, 1.82) is 0 Å². The summed E-state index contributed by atoms with van der Waals surface area (Å²) >= 11 is 0. The van der Waals surface area contributed by atoms with Crippen LogP contribution in [0.1, 0.15) is 22.8 Å². The number of para-hydroxylation sites is 1. The molecule has 1 amide bonds. The highest BCUT2D eigenvalue weighted by atomic mass is 16.5. The van der Waals surface area contributed by atoms with Gasteiger partial charge in [-0.1, -0.05) is 25.1 Å². The van der Waals surface area contributed by atoms with E-state index < -0.39 is 5.91 Å². The molecule has 0 aliphatic rings. The molecule has 0 aliphatic carbocycles. The molecule has 0 saturated carbocycles. The van der Waals surface area contributed by atoms with Crippen LogP contribution in [0, 0.1) is 0 Å². The molecular weight excluding hydrogens is 242 g/mol. The Morgan fingerprint density at radius 3 is 2.79 bits per heavy atom. The van der Waals surface area contributed by atoms with Crippen LogP contribution in [0.15, 0.2) is 36.5 Å². The number of hydrogen-bond acceptors (Lipinski definition) is 4. The molecular formula is C14H15N3O2. The van der Waals surface area contributed by atoms with Crippen molar-refractivity contribution in [2.45, 2.75) is 13.3 Å². The normalized spacial score (nSPS) is 10.2. The highest BCUT2D eigenvalue weighted by Crippen LogP contribution is 2.27. The lowest BCUT2D eigenvalue weighted by Gasteiger charge is -2.11. The summed E-state index contributed by atoms with van der Waals surface area (Å²) in [5, 5.41) is 0. The van der Waals surface area contributed by atoms with Gasteiger partial charge in [0.25, 0.3) is 5.91 Å². The van der Waals surface area contributed by atoms with Crippen LogP contribution in [-0.2, 0) is 6.42 Å². The second-order valence-electron chi connectivity index (χ2n) is 4.05. The molecule has 0 unspecified atom stereocenters. The van der Waals surface area contributed by atoms with Gasteiger partial charge in [-0.3, -0.25) is 4.79 Å². The first-order valence-electron chi connectivity index (χ1n) is 5.93. The second-order valence-corrected chi connectivity index (χ2v) is 4.05. The number of amides is 1. The lowest BCUT2D eigenvalue weighted by molar-refractivity contribution is 0.0997. The summed E-state index contributed by atoms with van der Waals surface area (Å²) in [5.41, 5.74) is 12.4. The van der Waals surface area contributed by atoms with Gasteiger partial charge in [-0.05, 0) is 24.1 Å². The number of benzene rings is 1. The van der Waals surface area contributed by atoms with Gasteiger partial charge in [0.05, 0.1) is 11.9 Å². The largest absolute Gasteiger partial charge is 0.438 e. The van der Waals surface area contributed by atoms with E-state index in [-0.39, 0.29) is 11.4 Å². The van der Waals surface area contributed by atoms with E-state index in [1.54, 1.807) is 0 Å². The molecule has 19 heavy (non-hydrogen) atoms. The maximum Gasteiger partial charge on any atom is 0.254 e. The summed E-state index contributed by atoms with van der Waals surface area (Å²) in [6.07, 6.45) is 2.24. The van der Waals surface area contributed by atoms with Gasteiger partial charge >= 0.3 is 0 Å². The summed E-state index contributed by atoms with van der Waals surface area (Å²) in [6.45, 7) is 2.02. The van der Waals surface area contributed by atoms with Crippen molar-refractivity contribution < 1.29 is 9.53 Å². The van der Waals surface area contributed by atoms with Crippen LogP contribution in [0.3, 0.4) is 0 Å². The van der Waals surface area contributed by atoms with Gasteiger partial charge < -0.3 is 16.2 Å². The number of aryl methyl sites for hydroxylation is 1. The van der Waals surface area contributed by atoms with Crippen molar-refractivity contribution >= 4 is 11.6 Å². The predicted molar refractivity (Wildman–Crippen MR) is 73.1 cm³/mol. The number of carbonyl (C=O) groups is 1. The Hall–Kier alpha value is -2.56. The molecule has 4 N–H and O–H groups in total. The monoisotopic (exact) mass is 257 g/mol. The fourth-order valence-electron chi connectivity index (χ4n) is 1.73. The van der Waals surface area contributed by atoms with E-state index in [1.165, 1.54) is 12.3 Å². The Morgan fingerprint density at radius 1 is 1.37 bits per heavy atom. The van der Waals surface area contributed by atoms with Gasteiger partial charge in [0, 0.05) is 0 Å². The molecule has 2 rings (SSSR count). The Morgan fingerprint density at radius 2 is 2.11 bits per heavy atom. The molecule has 0 radical (unpaired) electrons. The van der Waals surface area contributed by atoms with Crippen LogP contribution in [0.2, 0.25) is 0 Å². The minimum atomic E-state index is -0.622. The maximum atomic E-state index is 11.4. The van der Waals surface area contributed by atoms with Crippen molar-refractivity contribution in [3.05, 3.63) is 47.7 Å². The minimum Gasteiger partial charge on any atom is -0.438 e. The summed E-state index contributed by atoms with van der Waals surface area (Å²) < 4.78 is 5.68. The van der Waals surface area contributed by atoms with Crippen molar-refractivity contribution in [3.63, 3.8) is 0 Å². The topological polar surface area (TPSA) is 91.2 Å². The van der Waals surface area contributed by atoms with Crippen LogP contribution in [0.4, 0.5) is 5.69 Å². The van der Waals surface area contributed by atoms with Crippen molar-refractivity contribution in [2.75, 3.05) is 5.73 Å². The Labute approximate surface area is 111 Å². The fraction of sp³-hybridized carbons (Fsp3) is 0.143. The van der Waals surface area contributed by atoms with E-state index in [9.17, 15) is 4.79 Å². The van der Waals surface area contributed by atoms with Crippen LogP contribution in [0.25, 0.3) is 0 Å². The van der Waals surface area contributed by atoms with Gasteiger partial charge in [-0.2, -0.15) is 0 Å². The standard InChI is InChI=1S/C14H15N3O2/c1-2-9-5-3-4-6-12(9)19-14-11(13(16)18)7-10(15)8-17-14/h3-8H,2,15H2,1H3,(H2,16,18). The second kappa shape index (κ2) is 5.39. The highest BCUT2D eigenvalue weighted by molar-refractivity contribution is 5.95. The molecule has 0 aliphatic heterocycles. The number of nitrogens with two attached hydrogens (primary N) is 2. The van der Waals surface area contributed by atoms with Gasteiger partial charge in [0.2, 0.25) is 5.88 Å². The van der Waals surface area contributed by atoms with E-state index in [2.05, 4.69) is 4.98 Å². The first-order valence-corrected chi connectivity index (χ1v) is 5.93. The number of anilines is 1. The Balaban J connectivity index is 2.41. The number of nitrogen functional groups attached to an aromatic ring is 1. The average molecular weight is 257 g/mol. The fourth-order valence-corrected chi connectivity index (χ4v) is 1.73. The minimum absolute atomic E-state index is 0.169. The SMILES string of the molecule is CCc1ccccc1Oc1ncc(N)cc1C(N)=O. The summed E-state index contributed by atoms with van der Waals surface area (Å²) in [6, 6.07) is 9.02. The molecule has 5 nitrogen and oxygen atoms in total. The number of nitrogens with zero attached hydrogens (tertiary/aromatic N) is 1. The van der Waals surface area contributed by atoms with Crippen LogP contribution in [0.5, 0.6) is 11.6 Å². The molecule has 5 heteroatoms. The molecule has 1 heterocycles. The lowest BCUT2D eigenvalue weighted by atomic mass is 10.1. The molecule has 0 saturated heterocycles. The zero-order valence-electron chi connectivity index (χ0n) is 10.6. The van der Waals surface area contributed by atoms with Crippen LogP contribution < -0.4 is 16.2 Å². The van der Waals surface area contributed by atoms with Gasteiger partial charge in [0.15, 0.2) is 0 Å². The molecule has 2 aromatic rings. The van der Waals surface area contributed by atoms with Gasteiger partial charge in [0.1, 0.15) is 11.3 Å². The van der Waals surface area contributed by atoms with Crippen molar-refractivity contribution in [1.82, 2.24) is 4.98 Å². The zero-order valence-corrected chi connectivity index (χ0v) is 10.6. The number of rotatable bonds is 4. The highest BCUT2D eigenvalue weighted by Gasteiger charge is 2.13. The molecule has 0 atom stereocenters. The molecule has 0 fully saturated rings. The van der Waals surface area contributed by atoms with Gasteiger partial charge in [-0.25, -0.2) is 4.98 Å². The molecule has 1 aromatic carbocycles. The first-order chi connectivity index (χ1) is 9.11. The summed E-state index contributed by atoms with van der Waals surface area (Å²) in [5.74, 6) is 0.205. The van der Waals surface area contributed by atoms with E-state index >= 15 is 0 Å². The van der Waals surface area contributed by atoms with E-state index in [0.29, 0.717) is 11.4 Å². The zero-order chi connectivity index (χ0) is 13.8. The third-order valence-corrected chi connectivity index (χ3v) is 2.70. The summed E-state index contributed by atoms with van der Waals surface area (Å²) in [7, 11) is 0. The number of ether oxygens (including phenoxy) is 1. The van der Waals surface area contributed by atoms with Crippen LogP contribution in [-0.4, -0.2) is 10.9 Å². The number of carbonyl (C=O) groups excluding carboxylic acids is 1. The first kappa shape index (κ1) is 12.9. The van der Waals surface area contributed by atoms with Crippen molar-refractivity contribution in [3.8, 4) is 11.6 Å². The molecule has 1 aromatic heterocycles. The maximum absolute atomic E-state index is 11.4. The molecule has 0 spiro atoms. The third-order valence-electron chi connectivity index (χ3n) is 2.70. The molecule has 0 bridgehead atoms. The predicted octanol–water partition coefficient (Wildman–Crippen LogP) is 2.12. The number of primary amides is 1. The quantitative estimate of drug-likeness (QED) is 0.877. The Kier molecular flexibility index (Phi) is 3.66. The summed E-state index contributed by atoms with van der Waals surface area (Å²) in [4.78, 5) is 15.4. The van der Waals surface area contributed by atoms with E-state index in [1.807, 2.05) is 31.2 Å². The van der Waals surface area contributed by atoms with Crippen molar-refractivity contribution in [2.24, 2.45) is 5.73 Å². The van der Waals surface area contributed by atoms with Crippen LogP contribution >= 0.6 is 0 Å². The third kappa shape index (κ3) is 2.82. The number of pyridine rings is 1. The Bertz CT molecular complexity index is 611.